The normalized spacial score (nSPS) is 14.4. The molecule has 0 aliphatic carbocycles. The Morgan fingerprint density at radius 1 is 0.926 bits per heavy atom. The molecule has 1 saturated heterocycles. The topological polar surface area (TPSA) is 19.6 Å². The SMILES string of the molecule is Cc1ccccc1N1CCN(C(=S)c2ccc(-c3ccccc3Cl)o2)CC1. The van der Waals surface area contributed by atoms with Crippen LogP contribution >= 0.6 is 23.8 Å². The maximum Gasteiger partial charge on any atom is 0.162 e. The highest BCUT2D eigenvalue weighted by Gasteiger charge is 2.22. The van der Waals surface area contributed by atoms with Gasteiger partial charge in [-0.3, -0.25) is 0 Å². The number of hydrogen-bond acceptors (Lipinski definition) is 3. The summed E-state index contributed by atoms with van der Waals surface area (Å²) in [5, 5.41) is 0.677. The van der Waals surface area contributed by atoms with E-state index in [1.165, 1.54) is 11.3 Å². The third-order valence-corrected chi connectivity index (χ3v) is 5.77. The molecule has 0 bridgehead atoms. The average molecular weight is 397 g/mol. The van der Waals surface area contributed by atoms with E-state index in [0.717, 1.165) is 48.3 Å². The summed E-state index contributed by atoms with van der Waals surface area (Å²) < 4.78 is 6.02. The Labute approximate surface area is 170 Å². The van der Waals surface area contributed by atoms with Crippen LogP contribution in [0.1, 0.15) is 11.3 Å². The predicted octanol–water partition coefficient (Wildman–Crippen LogP) is 5.41. The molecule has 2 aromatic carbocycles. The molecule has 138 valence electrons. The van der Waals surface area contributed by atoms with Crippen molar-refractivity contribution >= 4 is 34.5 Å². The second-order valence-electron chi connectivity index (χ2n) is 6.71. The molecular weight excluding hydrogens is 376 g/mol. The van der Waals surface area contributed by atoms with Crippen molar-refractivity contribution in [2.45, 2.75) is 6.92 Å². The maximum absolute atomic E-state index is 6.27. The summed E-state index contributed by atoms with van der Waals surface area (Å²) in [6.07, 6.45) is 0. The van der Waals surface area contributed by atoms with Crippen molar-refractivity contribution in [3.05, 3.63) is 77.0 Å². The number of rotatable bonds is 3. The molecule has 3 aromatic rings. The molecule has 1 aliphatic heterocycles. The standard InChI is InChI=1S/C22H21ClN2OS/c1-16-6-2-5-9-19(16)24-12-14-25(15-13-24)22(27)21-11-10-20(26-21)17-7-3-4-8-18(17)23/h2-11H,12-15H2,1H3. The average Bonchev–Trinajstić information content (AvgIpc) is 3.18. The lowest BCUT2D eigenvalue weighted by atomic mass is 10.1. The smallest absolute Gasteiger partial charge is 0.162 e. The van der Waals surface area contributed by atoms with E-state index in [9.17, 15) is 0 Å². The van der Waals surface area contributed by atoms with E-state index < -0.39 is 0 Å². The van der Waals surface area contributed by atoms with E-state index in [1.54, 1.807) is 0 Å². The van der Waals surface area contributed by atoms with Crippen molar-refractivity contribution in [3.63, 3.8) is 0 Å². The molecule has 0 atom stereocenters. The minimum Gasteiger partial charge on any atom is -0.454 e. The second-order valence-corrected chi connectivity index (χ2v) is 7.50. The van der Waals surface area contributed by atoms with E-state index in [2.05, 4.69) is 41.0 Å². The van der Waals surface area contributed by atoms with Crippen LogP contribution < -0.4 is 4.90 Å². The summed E-state index contributed by atoms with van der Waals surface area (Å²) >= 11 is 12.0. The fraction of sp³-hybridized carbons (Fsp3) is 0.227. The first kappa shape index (κ1) is 18.1. The summed E-state index contributed by atoms with van der Waals surface area (Å²) in [4.78, 5) is 5.41. The molecule has 4 rings (SSSR count). The van der Waals surface area contributed by atoms with Gasteiger partial charge in [-0.05, 0) is 42.8 Å². The van der Waals surface area contributed by atoms with Crippen molar-refractivity contribution < 1.29 is 4.42 Å². The van der Waals surface area contributed by atoms with Crippen LogP contribution in [0.5, 0.6) is 0 Å². The molecule has 0 unspecified atom stereocenters. The Morgan fingerprint density at radius 3 is 2.37 bits per heavy atom. The van der Waals surface area contributed by atoms with Crippen LogP contribution in [0.15, 0.2) is 65.1 Å². The van der Waals surface area contributed by atoms with E-state index in [4.69, 9.17) is 28.2 Å². The largest absolute Gasteiger partial charge is 0.454 e. The highest BCUT2D eigenvalue weighted by Crippen LogP contribution is 2.30. The van der Waals surface area contributed by atoms with Gasteiger partial charge >= 0.3 is 0 Å². The molecule has 3 nitrogen and oxygen atoms in total. The number of para-hydroxylation sites is 1. The van der Waals surface area contributed by atoms with Gasteiger partial charge in [-0.25, -0.2) is 0 Å². The second kappa shape index (κ2) is 7.75. The van der Waals surface area contributed by atoms with Crippen molar-refractivity contribution in [1.82, 2.24) is 4.90 Å². The minimum absolute atomic E-state index is 0.677. The summed E-state index contributed by atoms with van der Waals surface area (Å²) in [5.74, 6) is 1.47. The van der Waals surface area contributed by atoms with Gasteiger partial charge in [0.2, 0.25) is 0 Å². The zero-order chi connectivity index (χ0) is 18.8. The molecule has 0 spiro atoms. The summed E-state index contributed by atoms with van der Waals surface area (Å²) in [5.41, 5.74) is 3.50. The van der Waals surface area contributed by atoms with Gasteiger partial charge in [0.05, 0.1) is 5.02 Å². The Balaban J connectivity index is 1.44. The third-order valence-electron chi connectivity index (χ3n) is 4.98. The Morgan fingerprint density at radius 2 is 1.63 bits per heavy atom. The number of halogens is 1. The lowest BCUT2D eigenvalue weighted by molar-refractivity contribution is 0.385. The number of nitrogens with zero attached hydrogens (tertiary/aromatic N) is 2. The van der Waals surface area contributed by atoms with Gasteiger partial charge in [-0.15, -0.1) is 0 Å². The van der Waals surface area contributed by atoms with Crippen molar-refractivity contribution in [2.24, 2.45) is 0 Å². The maximum atomic E-state index is 6.27. The molecule has 0 radical (unpaired) electrons. The number of thiocarbonyl (C=S) groups is 1. The number of furan rings is 1. The third kappa shape index (κ3) is 3.73. The first-order chi connectivity index (χ1) is 13.1. The number of hydrogen-bond donors (Lipinski definition) is 0. The lowest BCUT2D eigenvalue weighted by Gasteiger charge is -2.37. The zero-order valence-corrected chi connectivity index (χ0v) is 16.8. The Hall–Kier alpha value is -2.30. The van der Waals surface area contributed by atoms with Crippen LogP contribution in [0.2, 0.25) is 5.02 Å². The van der Waals surface area contributed by atoms with Crippen LogP contribution in [0.3, 0.4) is 0 Å². The number of benzene rings is 2. The Bertz CT molecular complexity index is 960. The summed E-state index contributed by atoms with van der Waals surface area (Å²) in [6.45, 7) is 5.82. The van der Waals surface area contributed by atoms with Crippen molar-refractivity contribution in [3.8, 4) is 11.3 Å². The van der Waals surface area contributed by atoms with Crippen LogP contribution in [0, 0.1) is 6.92 Å². The summed E-state index contributed by atoms with van der Waals surface area (Å²) in [6, 6.07) is 20.1. The molecule has 2 heterocycles. The van der Waals surface area contributed by atoms with Crippen LogP contribution in [0.4, 0.5) is 5.69 Å². The highest BCUT2D eigenvalue weighted by molar-refractivity contribution is 7.80. The monoisotopic (exact) mass is 396 g/mol. The predicted molar refractivity (Wildman–Crippen MR) is 116 cm³/mol. The van der Waals surface area contributed by atoms with Crippen LogP contribution in [-0.4, -0.2) is 36.1 Å². The van der Waals surface area contributed by atoms with Gasteiger partial charge in [0.1, 0.15) is 10.7 Å². The molecule has 5 heteroatoms. The molecule has 0 saturated carbocycles. The number of aryl methyl sites for hydroxylation is 1. The molecule has 1 fully saturated rings. The lowest BCUT2D eigenvalue weighted by Crippen LogP contribution is -2.48. The molecule has 0 amide bonds. The number of anilines is 1. The van der Waals surface area contributed by atoms with Gasteiger partial charge in [0.15, 0.2) is 5.76 Å². The van der Waals surface area contributed by atoms with E-state index in [0.29, 0.717) is 5.02 Å². The van der Waals surface area contributed by atoms with Gasteiger partial charge < -0.3 is 14.2 Å². The molecule has 1 aliphatic rings. The van der Waals surface area contributed by atoms with Gasteiger partial charge in [-0.1, -0.05) is 54.2 Å². The molecule has 0 N–H and O–H groups in total. The fourth-order valence-electron chi connectivity index (χ4n) is 3.48. The minimum atomic E-state index is 0.677. The first-order valence-corrected chi connectivity index (χ1v) is 9.87. The quantitative estimate of drug-likeness (QED) is 0.551. The van der Waals surface area contributed by atoms with Crippen molar-refractivity contribution in [1.29, 1.82) is 0 Å². The molecule has 1 aromatic heterocycles. The highest BCUT2D eigenvalue weighted by atomic mass is 35.5. The molecule has 27 heavy (non-hydrogen) atoms. The number of piperazine rings is 1. The van der Waals surface area contributed by atoms with Crippen LogP contribution in [-0.2, 0) is 0 Å². The van der Waals surface area contributed by atoms with E-state index in [1.807, 2.05) is 36.4 Å². The zero-order valence-electron chi connectivity index (χ0n) is 15.2. The van der Waals surface area contributed by atoms with Gasteiger partial charge in [0, 0.05) is 37.4 Å². The van der Waals surface area contributed by atoms with Crippen molar-refractivity contribution in [2.75, 3.05) is 31.1 Å². The van der Waals surface area contributed by atoms with Gasteiger partial charge in [-0.2, -0.15) is 0 Å². The van der Waals surface area contributed by atoms with E-state index >= 15 is 0 Å². The van der Waals surface area contributed by atoms with E-state index in [-0.39, 0.29) is 0 Å². The van der Waals surface area contributed by atoms with Crippen LogP contribution in [0.25, 0.3) is 11.3 Å². The Kier molecular flexibility index (Phi) is 5.19. The van der Waals surface area contributed by atoms with Gasteiger partial charge in [0.25, 0.3) is 0 Å². The summed E-state index contributed by atoms with van der Waals surface area (Å²) in [7, 11) is 0. The first-order valence-electron chi connectivity index (χ1n) is 9.08. The fourth-order valence-corrected chi connectivity index (χ4v) is 4.00. The molecular formula is C22H21ClN2OS.